The van der Waals surface area contributed by atoms with Crippen molar-refractivity contribution in [1.29, 1.82) is 0 Å². The Morgan fingerprint density at radius 1 is 1.30 bits per heavy atom. The zero-order valence-electron chi connectivity index (χ0n) is 15.1. The number of carbonyl (C=O) groups excluding carboxylic acids is 1. The molecule has 27 heavy (non-hydrogen) atoms. The lowest BCUT2D eigenvalue weighted by molar-refractivity contribution is 0.0700. The van der Waals surface area contributed by atoms with Crippen LogP contribution in [0.1, 0.15) is 40.8 Å². The molecule has 4 heterocycles. The van der Waals surface area contributed by atoms with E-state index in [1.165, 1.54) is 6.33 Å². The van der Waals surface area contributed by atoms with Crippen LogP contribution < -0.4 is 5.32 Å². The average molecular weight is 363 g/mol. The van der Waals surface area contributed by atoms with Gasteiger partial charge in [-0.2, -0.15) is 0 Å². The minimum atomic E-state index is -0.0187. The number of aromatic amines is 1. The zero-order chi connectivity index (χ0) is 18.6. The van der Waals surface area contributed by atoms with Gasteiger partial charge in [-0.3, -0.25) is 4.79 Å². The number of hydrogen-bond donors (Lipinski definition) is 2. The lowest BCUT2D eigenvalue weighted by atomic mass is 9.94. The molecule has 0 spiro atoms. The molecule has 1 saturated heterocycles. The highest BCUT2D eigenvalue weighted by molar-refractivity contribution is 5.92. The van der Waals surface area contributed by atoms with Gasteiger partial charge in [-0.25, -0.2) is 19.9 Å². The molecule has 3 aromatic rings. The van der Waals surface area contributed by atoms with Crippen LogP contribution in [0.5, 0.6) is 0 Å². The Balaban J connectivity index is 1.53. The predicted molar refractivity (Wildman–Crippen MR) is 101 cm³/mol. The van der Waals surface area contributed by atoms with Crippen LogP contribution >= 0.6 is 0 Å². The number of pyridine rings is 1. The van der Waals surface area contributed by atoms with Crippen LogP contribution in [0.25, 0.3) is 0 Å². The molecule has 0 saturated carbocycles. The van der Waals surface area contributed by atoms with Crippen LogP contribution in [0.15, 0.2) is 43.0 Å². The molecule has 8 heteroatoms. The normalized spacial score (nSPS) is 16.9. The van der Waals surface area contributed by atoms with Crippen molar-refractivity contribution in [3.63, 3.8) is 0 Å². The number of anilines is 2. The molecule has 3 aromatic heterocycles. The summed E-state index contributed by atoms with van der Waals surface area (Å²) < 4.78 is 0. The van der Waals surface area contributed by atoms with Crippen molar-refractivity contribution in [1.82, 2.24) is 29.8 Å². The second-order valence-corrected chi connectivity index (χ2v) is 6.62. The van der Waals surface area contributed by atoms with E-state index in [1.54, 1.807) is 12.4 Å². The topological polar surface area (TPSA) is 99.7 Å². The Morgan fingerprint density at radius 3 is 3.00 bits per heavy atom. The number of likely N-dealkylation sites (tertiary alicyclic amines) is 1. The van der Waals surface area contributed by atoms with E-state index in [4.69, 9.17) is 0 Å². The molecule has 8 nitrogen and oxygen atoms in total. The monoisotopic (exact) mass is 363 g/mol. The summed E-state index contributed by atoms with van der Waals surface area (Å²) in [6.45, 7) is 3.26. The summed E-state index contributed by atoms with van der Waals surface area (Å²) >= 11 is 0. The van der Waals surface area contributed by atoms with Gasteiger partial charge >= 0.3 is 0 Å². The molecular weight excluding hydrogens is 342 g/mol. The summed E-state index contributed by atoms with van der Waals surface area (Å²) in [5, 5.41) is 3.22. The van der Waals surface area contributed by atoms with Crippen LogP contribution in [0, 0.1) is 6.92 Å². The van der Waals surface area contributed by atoms with Gasteiger partial charge in [0.2, 0.25) is 0 Å². The molecular formula is C19H21N7O. The number of rotatable bonds is 4. The van der Waals surface area contributed by atoms with E-state index in [2.05, 4.69) is 30.2 Å². The standard InChI is InChI=1S/C19H21N7O/c1-13-23-15(9-18(24-13)25-17-6-2-3-7-21-17)14-5-4-8-26(11-14)19(27)16-10-20-12-22-16/h2-3,6-7,9-10,12,14H,4-5,8,11H2,1H3,(H,20,22)(H,21,23,24,25). The van der Waals surface area contributed by atoms with Crippen molar-refractivity contribution in [2.75, 3.05) is 18.4 Å². The zero-order valence-corrected chi connectivity index (χ0v) is 15.1. The molecule has 138 valence electrons. The Kier molecular flexibility index (Phi) is 4.78. The molecule has 0 radical (unpaired) electrons. The third-order valence-corrected chi connectivity index (χ3v) is 4.63. The molecule has 0 aromatic carbocycles. The molecule has 1 atom stereocenters. The first-order chi connectivity index (χ1) is 13.2. The first-order valence-corrected chi connectivity index (χ1v) is 9.00. The number of H-pyrrole nitrogens is 1. The van der Waals surface area contributed by atoms with Gasteiger partial charge in [0.25, 0.3) is 5.91 Å². The summed E-state index contributed by atoms with van der Waals surface area (Å²) in [7, 11) is 0. The molecule has 1 aliphatic rings. The van der Waals surface area contributed by atoms with Crippen LogP contribution in [-0.4, -0.2) is 48.8 Å². The quantitative estimate of drug-likeness (QED) is 0.739. The van der Waals surface area contributed by atoms with Crippen LogP contribution in [0.3, 0.4) is 0 Å². The lowest BCUT2D eigenvalue weighted by Crippen LogP contribution is -2.39. The van der Waals surface area contributed by atoms with E-state index >= 15 is 0 Å². The highest BCUT2D eigenvalue weighted by atomic mass is 16.2. The van der Waals surface area contributed by atoms with Crippen LogP contribution in [0.2, 0.25) is 0 Å². The largest absolute Gasteiger partial charge is 0.341 e. The van der Waals surface area contributed by atoms with E-state index < -0.39 is 0 Å². The van der Waals surface area contributed by atoms with Crippen molar-refractivity contribution < 1.29 is 4.79 Å². The molecule has 0 aliphatic carbocycles. The third-order valence-electron chi connectivity index (χ3n) is 4.63. The minimum Gasteiger partial charge on any atom is -0.341 e. The van der Waals surface area contributed by atoms with Gasteiger partial charge in [0.15, 0.2) is 0 Å². The summed E-state index contributed by atoms with van der Waals surface area (Å²) in [4.78, 5) is 34.7. The van der Waals surface area contributed by atoms with Crippen molar-refractivity contribution in [2.24, 2.45) is 0 Å². The first kappa shape index (κ1) is 17.1. The first-order valence-electron chi connectivity index (χ1n) is 9.00. The van der Waals surface area contributed by atoms with Crippen molar-refractivity contribution in [3.05, 3.63) is 60.2 Å². The summed E-state index contributed by atoms with van der Waals surface area (Å²) in [6, 6.07) is 7.64. The van der Waals surface area contributed by atoms with Gasteiger partial charge in [-0.1, -0.05) is 6.07 Å². The van der Waals surface area contributed by atoms with Crippen molar-refractivity contribution in [2.45, 2.75) is 25.7 Å². The second kappa shape index (κ2) is 7.53. The van der Waals surface area contributed by atoms with Gasteiger partial charge in [0.1, 0.15) is 23.2 Å². The van der Waals surface area contributed by atoms with Crippen molar-refractivity contribution >= 4 is 17.5 Å². The third kappa shape index (κ3) is 3.94. The van der Waals surface area contributed by atoms with Crippen LogP contribution in [-0.2, 0) is 0 Å². The number of nitrogens with one attached hydrogen (secondary N) is 2. The number of aryl methyl sites for hydroxylation is 1. The second-order valence-electron chi connectivity index (χ2n) is 6.62. The number of nitrogens with zero attached hydrogens (tertiary/aromatic N) is 5. The Bertz CT molecular complexity index is 911. The van der Waals surface area contributed by atoms with E-state index in [0.29, 0.717) is 23.9 Å². The van der Waals surface area contributed by atoms with Gasteiger partial charge in [0, 0.05) is 31.3 Å². The Morgan fingerprint density at radius 2 is 2.22 bits per heavy atom. The molecule has 4 rings (SSSR count). The van der Waals surface area contributed by atoms with Gasteiger partial charge in [-0.15, -0.1) is 0 Å². The maximum absolute atomic E-state index is 12.6. The van der Waals surface area contributed by atoms with E-state index in [0.717, 1.165) is 30.9 Å². The van der Waals surface area contributed by atoms with Gasteiger partial charge in [0.05, 0.1) is 18.2 Å². The van der Waals surface area contributed by atoms with E-state index in [-0.39, 0.29) is 11.8 Å². The van der Waals surface area contributed by atoms with Gasteiger partial charge in [-0.05, 0) is 31.9 Å². The maximum atomic E-state index is 12.6. The SMILES string of the molecule is Cc1nc(Nc2ccccn2)cc(C2CCCN(C(=O)c3cnc[nH]3)C2)n1. The fraction of sp³-hybridized carbons (Fsp3) is 0.316. The lowest BCUT2D eigenvalue weighted by Gasteiger charge is -2.32. The highest BCUT2D eigenvalue weighted by Gasteiger charge is 2.27. The molecule has 2 N–H and O–H groups in total. The smallest absolute Gasteiger partial charge is 0.271 e. The maximum Gasteiger partial charge on any atom is 0.271 e. The summed E-state index contributed by atoms with van der Waals surface area (Å²) in [5.74, 6) is 2.31. The molecule has 1 fully saturated rings. The molecule has 1 unspecified atom stereocenters. The molecule has 1 aliphatic heterocycles. The Labute approximate surface area is 157 Å². The average Bonchev–Trinajstić information content (AvgIpc) is 3.23. The minimum absolute atomic E-state index is 0.0187. The van der Waals surface area contributed by atoms with E-state index in [9.17, 15) is 4.79 Å². The number of carbonyl (C=O) groups is 1. The summed E-state index contributed by atoms with van der Waals surface area (Å²) in [5.41, 5.74) is 1.47. The fourth-order valence-corrected chi connectivity index (χ4v) is 3.38. The fourth-order valence-electron chi connectivity index (χ4n) is 3.38. The number of hydrogen-bond acceptors (Lipinski definition) is 6. The molecule has 1 amide bonds. The number of aromatic nitrogens is 5. The number of amides is 1. The van der Waals surface area contributed by atoms with E-state index in [1.807, 2.05) is 36.1 Å². The Hall–Kier alpha value is -3.29. The summed E-state index contributed by atoms with van der Waals surface area (Å²) in [6.07, 6.45) is 6.76. The van der Waals surface area contributed by atoms with Crippen molar-refractivity contribution in [3.8, 4) is 0 Å². The number of piperidine rings is 1. The van der Waals surface area contributed by atoms with Crippen LogP contribution in [0.4, 0.5) is 11.6 Å². The number of imidazole rings is 1. The highest BCUT2D eigenvalue weighted by Crippen LogP contribution is 2.28. The predicted octanol–water partition coefficient (Wildman–Crippen LogP) is 2.67. The molecule has 0 bridgehead atoms. The van der Waals surface area contributed by atoms with Gasteiger partial charge < -0.3 is 15.2 Å².